The van der Waals surface area contributed by atoms with Gasteiger partial charge < -0.3 is 9.84 Å². The number of Topliss-reactive ketones (excluding diaryl/α,β-unsaturated/α-hetero) is 1. The van der Waals surface area contributed by atoms with Crippen molar-refractivity contribution in [3.63, 3.8) is 0 Å². The maximum atomic E-state index is 12.4. The van der Waals surface area contributed by atoms with Crippen LogP contribution in [-0.2, 0) is 4.79 Å². The zero-order chi connectivity index (χ0) is 13.3. The summed E-state index contributed by atoms with van der Waals surface area (Å²) in [5, 5.41) is 10.4. The molecule has 19 heavy (non-hydrogen) atoms. The molecule has 0 amide bonds. The van der Waals surface area contributed by atoms with Crippen LogP contribution in [0.4, 0.5) is 0 Å². The van der Waals surface area contributed by atoms with E-state index in [4.69, 9.17) is 4.74 Å². The topological polar surface area (TPSA) is 46.5 Å². The zero-order valence-corrected chi connectivity index (χ0v) is 11.1. The lowest BCUT2D eigenvalue weighted by Gasteiger charge is -2.28. The van der Waals surface area contributed by atoms with Crippen LogP contribution in [0.5, 0.6) is 5.75 Å². The second-order valence-electron chi connectivity index (χ2n) is 5.74. The van der Waals surface area contributed by atoms with E-state index in [1.54, 1.807) is 0 Å². The minimum Gasteiger partial charge on any atom is -0.493 e. The normalized spacial score (nSPS) is 24.6. The molecule has 0 saturated heterocycles. The zero-order valence-electron chi connectivity index (χ0n) is 11.1. The summed E-state index contributed by atoms with van der Waals surface area (Å²) in [6, 6.07) is 7.92. The number of hydrogen-bond acceptors (Lipinski definition) is 3. The molecule has 1 aromatic rings. The predicted octanol–water partition coefficient (Wildman–Crippen LogP) is 2.82. The molecule has 1 aliphatic carbocycles. The SMILES string of the molecule is O=C(CC1CCOc2ccccc21)C1(O)CCCC1. The van der Waals surface area contributed by atoms with Crippen LogP contribution >= 0.6 is 0 Å². The summed E-state index contributed by atoms with van der Waals surface area (Å²) < 4.78 is 5.61. The lowest BCUT2D eigenvalue weighted by atomic mass is 9.83. The largest absolute Gasteiger partial charge is 0.493 e. The first kappa shape index (κ1) is 12.7. The first-order chi connectivity index (χ1) is 9.19. The van der Waals surface area contributed by atoms with Gasteiger partial charge in [0.05, 0.1) is 6.61 Å². The van der Waals surface area contributed by atoms with E-state index in [9.17, 15) is 9.90 Å². The molecular formula is C16H20O3. The van der Waals surface area contributed by atoms with Gasteiger partial charge in [-0.3, -0.25) is 4.79 Å². The van der Waals surface area contributed by atoms with Crippen molar-refractivity contribution in [1.29, 1.82) is 0 Å². The molecule has 3 heteroatoms. The van der Waals surface area contributed by atoms with E-state index in [0.29, 0.717) is 25.9 Å². The number of rotatable bonds is 3. The number of carbonyl (C=O) groups is 1. The van der Waals surface area contributed by atoms with Crippen molar-refractivity contribution in [2.24, 2.45) is 0 Å². The van der Waals surface area contributed by atoms with Crippen molar-refractivity contribution in [3.8, 4) is 5.75 Å². The van der Waals surface area contributed by atoms with Crippen molar-refractivity contribution < 1.29 is 14.6 Å². The van der Waals surface area contributed by atoms with Crippen LogP contribution < -0.4 is 4.74 Å². The number of hydrogen-bond donors (Lipinski definition) is 1. The highest BCUT2D eigenvalue weighted by atomic mass is 16.5. The molecule has 102 valence electrons. The maximum absolute atomic E-state index is 12.4. The van der Waals surface area contributed by atoms with Gasteiger partial charge in [-0.15, -0.1) is 0 Å². The molecule has 1 aromatic carbocycles. The van der Waals surface area contributed by atoms with Gasteiger partial charge in [0.25, 0.3) is 0 Å². The minimum atomic E-state index is -1.05. The van der Waals surface area contributed by atoms with Gasteiger partial charge in [-0.2, -0.15) is 0 Å². The summed E-state index contributed by atoms with van der Waals surface area (Å²) >= 11 is 0. The Morgan fingerprint density at radius 3 is 2.84 bits per heavy atom. The molecule has 1 atom stereocenters. The van der Waals surface area contributed by atoms with Gasteiger partial charge in [0.2, 0.25) is 0 Å². The molecular weight excluding hydrogens is 240 g/mol. The first-order valence-electron chi connectivity index (χ1n) is 7.16. The van der Waals surface area contributed by atoms with Crippen LogP contribution in [0.1, 0.15) is 50.0 Å². The summed E-state index contributed by atoms with van der Waals surface area (Å²) in [6.45, 7) is 0.660. The molecule has 0 aromatic heterocycles. The Balaban J connectivity index is 1.76. The van der Waals surface area contributed by atoms with Crippen LogP contribution in [-0.4, -0.2) is 23.1 Å². The second kappa shape index (κ2) is 4.97. The molecule has 1 aliphatic heterocycles. The quantitative estimate of drug-likeness (QED) is 0.909. The predicted molar refractivity (Wildman–Crippen MR) is 72.3 cm³/mol. The fraction of sp³-hybridized carbons (Fsp3) is 0.562. The molecule has 1 N–H and O–H groups in total. The average molecular weight is 260 g/mol. The molecule has 1 heterocycles. The highest BCUT2D eigenvalue weighted by Crippen LogP contribution is 2.39. The van der Waals surface area contributed by atoms with Gasteiger partial charge in [-0.25, -0.2) is 0 Å². The van der Waals surface area contributed by atoms with Crippen molar-refractivity contribution in [2.45, 2.75) is 50.0 Å². The van der Waals surface area contributed by atoms with Crippen LogP contribution in [0.25, 0.3) is 0 Å². The van der Waals surface area contributed by atoms with Crippen molar-refractivity contribution in [1.82, 2.24) is 0 Å². The molecule has 2 aliphatic rings. The number of fused-ring (bicyclic) bond motifs is 1. The molecule has 3 nitrogen and oxygen atoms in total. The van der Waals surface area contributed by atoms with Crippen molar-refractivity contribution >= 4 is 5.78 Å². The smallest absolute Gasteiger partial charge is 0.164 e. The number of carbonyl (C=O) groups excluding carboxylic acids is 1. The van der Waals surface area contributed by atoms with E-state index in [2.05, 4.69) is 0 Å². The monoisotopic (exact) mass is 260 g/mol. The van der Waals surface area contributed by atoms with Crippen molar-refractivity contribution in [3.05, 3.63) is 29.8 Å². The number of ether oxygens (including phenoxy) is 1. The Hall–Kier alpha value is -1.35. The molecule has 0 bridgehead atoms. The van der Waals surface area contributed by atoms with Gasteiger partial charge in [-0.1, -0.05) is 18.2 Å². The van der Waals surface area contributed by atoms with Gasteiger partial charge in [0, 0.05) is 6.42 Å². The summed E-state index contributed by atoms with van der Waals surface area (Å²) in [4.78, 5) is 12.4. The number of benzene rings is 1. The Morgan fingerprint density at radius 2 is 2.05 bits per heavy atom. The van der Waals surface area contributed by atoms with Gasteiger partial charge in [0.15, 0.2) is 5.78 Å². The summed E-state index contributed by atoms with van der Waals surface area (Å²) in [7, 11) is 0. The molecule has 0 radical (unpaired) electrons. The Bertz CT molecular complexity index is 475. The number of para-hydroxylation sites is 1. The van der Waals surface area contributed by atoms with Gasteiger partial charge in [-0.05, 0) is 49.7 Å². The fourth-order valence-corrected chi connectivity index (χ4v) is 3.28. The molecule has 1 unspecified atom stereocenters. The molecule has 1 fully saturated rings. The third-order valence-corrected chi connectivity index (χ3v) is 4.46. The van der Waals surface area contributed by atoms with Crippen LogP contribution in [0, 0.1) is 0 Å². The van der Waals surface area contributed by atoms with E-state index in [1.165, 1.54) is 0 Å². The lowest BCUT2D eigenvalue weighted by Crippen LogP contribution is -2.36. The molecule has 0 spiro atoms. The second-order valence-corrected chi connectivity index (χ2v) is 5.74. The maximum Gasteiger partial charge on any atom is 0.164 e. The van der Waals surface area contributed by atoms with E-state index in [0.717, 1.165) is 30.6 Å². The minimum absolute atomic E-state index is 0.0201. The summed E-state index contributed by atoms with van der Waals surface area (Å²) in [5.41, 5.74) is 0.0662. The van der Waals surface area contributed by atoms with E-state index < -0.39 is 5.60 Å². The van der Waals surface area contributed by atoms with Crippen molar-refractivity contribution in [2.75, 3.05) is 6.61 Å². The van der Waals surface area contributed by atoms with Crippen LogP contribution in [0.2, 0.25) is 0 Å². The van der Waals surface area contributed by atoms with E-state index in [1.807, 2.05) is 24.3 Å². The summed E-state index contributed by atoms with van der Waals surface area (Å²) in [6.07, 6.45) is 4.50. The van der Waals surface area contributed by atoms with Crippen LogP contribution in [0.3, 0.4) is 0 Å². The number of ketones is 1. The first-order valence-corrected chi connectivity index (χ1v) is 7.16. The molecule has 1 saturated carbocycles. The summed E-state index contributed by atoms with van der Waals surface area (Å²) in [5.74, 6) is 1.11. The molecule has 3 rings (SSSR count). The highest BCUT2D eigenvalue weighted by molar-refractivity contribution is 5.88. The standard InChI is InChI=1S/C16H20O3/c17-15(16(18)8-3-4-9-16)11-12-7-10-19-14-6-2-1-5-13(12)14/h1-2,5-6,12,18H,3-4,7-11H2. The lowest BCUT2D eigenvalue weighted by molar-refractivity contribution is -0.137. The third-order valence-electron chi connectivity index (χ3n) is 4.46. The third kappa shape index (κ3) is 2.39. The van der Waals surface area contributed by atoms with Gasteiger partial charge in [0.1, 0.15) is 11.4 Å². The number of aliphatic hydroxyl groups is 1. The average Bonchev–Trinajstić information content (AvgIpc) is 2.87. The fourth-order valence-electron chi connectivity index (χ4n) is 3.28. The Morgan fingerprint density at radius 1 is 1.32 bits per heavy atom. The highest BCUT2D eigenvalue weighted by Gasteiger charge is 2.39. The van der Waals surface area contributed by atoms with E-state index in [-0.39, 0.29) is 11.7 Å². The Labute approximate surface area is 113 Å². The van der Waals surface area contributed by atoms with Crippen LogP contribution in [0.15, 0.2) is 24.3 Å². The van der Waals surface area contributed by atoms with E-state index >= 15 is 0 Å². The Kier molecular flexibility index (Phi) is 3.31. The van der Waals surface area contributed by atoms with Gasteiger partial charge >= 0.3 is 0 Å².